The highest BCUT2D eigenvalue weighted by atomic mass is 35.5. The van der Waals surface area contributed by atoms with E-state index in [0.717, 1.165) is 11.3 Å². The van der Waals surface area contributed by atoms with Gasteiger partial charge >= 0.3 is 0 Å². The summed E-state index contributed by atoms with van der Waals surface area (Å²) in [6.45, 7) is 0. The molecule has 0 aliphatic carbocycles. The number of hydrogen-bond donors (Lipinski definition) is 0. The van der Waals surface area contributed by atoms with Crippen LogP contribution in [0.1, 0.15) is 5.82 Å². The van der Waals surface area contributed by atoms with Gasteiger partial charge in [0.2, 0.25) is 0 Å². The highest BCUT2D eigenvalue weighted by Gasteiger charge is 2.13. The molecule has 23 heavy (non-hydrogen) atoms. The molecule has 1 atom stereocenters. The summed E-state index contributed by atoms with van der Waals surface area (Å²) >= 11 is 5.91. The maximum Gasteiger partial charge on any atom is 0.257 e. The largest absolute Gasteiger partial charge is 0.497 e. The Balaban J connectivity index is 1.75. The molecule has 0 radical (unpaired) electrons. The lowest BCUT2D eigenvalue weighted by molar-refractivity contribution is 0.414. The molecule has 3 aromatic rings. The fourth-order valence-electron chi connectivity index (χ4n) is 1.97. The zero-order chi connectivity index (χ0) is 16.2. The maximum atomic E-state index is 12.3. The minimum absolute atomic E-state index is 0.167. The van der Waals surface area contributed by atoms with E-state index in [1.165, 1.54) is 0 Å². The third kappa shape index (κ3) is 3.78. The van der Waals surface area contributed by atoms with Gasteiger partial charge < -0.3 is 9.26 Å². The average molecular weight is 349 g/mol. The number of nitrogens with zero attached hydrogens (tertiary/aromatic N) is 2. The summed E-state index contributed by atoms with van der Waals surface area (Å²) < 4.78 is 22.6. The number of methoxy groups -OCH3 is 1. The first-order chi connectivity index (χ1) is 11.2. The molecule has 0 spiro atoms. The fraction of sp³-hybridized carbons (Fsp3) is 0.125. The van der Waals surface area contributed by atoms with E-state index >= 15 is 0 Å². The third-order valence-electron chi connectivity index (χ3n) is 3.12. The molecule has 3 rings (SSSR count). The van der Waals surface area contributed by atoms with Gasteiger partial charge in [0.25, 0.3) is 5.89 Å². The number of benzene rings is 2. The third-order valence-corrected chi connectivity index (χ3v) is 4.66. The molecule has 2 aromatic carbocycles. The normalized spacial score (nSPS) is 12.1. The molecule has 0 fully saturated rings. The van der Waals surface area contributed by atoms with Gasteiger partial charge in [-0.05, 0) is 42.5 Å². The Morgan fingerprint density at radius 1 is 1.22 bits per heavy atom. The van der Waals surface area contributed by atoms with Crippen molar-refractivity contribution in [1.82, 2.24) is 10.1 Å². The smallest absolute Gasteiger partial charge is 0.257 e. The van der Waals surface area contributed by atoms with E-state index in [-0.39, 0.29) is 5.75 Å². The standard InChI is InChI=1S/C16H13ClN2O3S/c1-21-13-7-5-11(6-8-13)16-18-15(19-22-16)10-23(20)14-4-2-3-12(17)9-14/h2-9H,10H2,1H3/t23-/m0/s1. The van der Waals surface area contributed by atoms with E-state index in [2.05, 4.69) is 10.1 Å². The van der Waals surface area contributed by atoms with E-state index < -0.39 is 10.8 Å². The van der Waals surface area contributed by atoms with Crippen LogP contribution >= 0.6 is 11.6 Å². The molecule has 7 heteroatoms. The summed E-state index contributed by atoms with van der Waals surface area (Å²) in [7, 11) is 0.320. The van der Waals surface area contributed by atoms with E-state index in [9.17, 15) is 4.21 Å². The Bertz CT molecular complexity index is 833. The maximum absolute atomic E-state index is 12.3. The Kier molecular flexibility index (Phi) is 4.73. The lowest BCUT2D eigenvalue weighted by Crippen LogP contribution is -1.98. The Labute approximate surface area is 140 Å². The minimum Gasteiger partial charge on any atom is -0.497 e. The molecule has 1 aromatic heterocycles. The van der Waals surface area contributed by atoms with Crippen molar-refractivity contribution in [2.24, 2.45) is 0 Å². The van der Waals surface area contributed by atoms with Crippen molar-refractivity contribution in [2.75, 3.05) is 7.11 Å². The molecule has 0 N–H and O–H groups in total. The molecule has 0 aliphatic rings. The first-order valence-electron chi connectivity index (χ1n) is 6.76. The summed E-state index contributed by atoms with van der Waals surface area (Å²) in [6.07, 6.45) is 0. The molecule has 0 aliphatic heterocycles. The van der Waals surface area contributed by atoms with Crippen molar-refractivity contribution in [3.63, 3.8) is 0 Å². The molecular formula is C16H13ClN2O3S. The fourth-order valence-corrected chi connectivity index (χ4v) is 3.23. The van der Waals surface area contributed by atoms with Crippen LogP contribution in [0.3, 0.4) is 0 Å². The van der Waals surface area contributed by atoms with Crippen LogP contribution in [0.2, 0.25) is 5.02 Å². The Morgan fingerprint density at radius 3 is 2.70 bits per heavy atom. The first-order valence-corrected chi connectivity index (χ1v) is 8.46. The highest BCUT2D eigenvalue weighted by Crippen LogP contribution is 2.22. The van der Waals surface area contributed by atoms with E-state index in [1.54, 1.807) is 31.4 Å². The number of halogens is 1. The number of rotatable bonds is 5. The van der Waals surface area contributed by atoms with E-state index in [1.807, 2.05) is 24.3 Å². The van der Waals surface area contributed by atoms with Gasteiger partial charge in [-0.15, -0.1) is 0 Å². The lowest BCUT2D eigenvalue weighted by Gasteiger charge is -1.99. The van der Waals surface area contributed by atoms with Gasteiger partial charge in [0.15, 0.2) is 5.82 Å². The lowest BCUT2D eigenvalue weighted by atomic mass is 10.2. The zero-order valence-corrected chi connectivity index (χ0v) is 13.8. The van der Waals surface area contributed by atoms with Crippen LogP contribution in [-0.2, 0) is 16.6 Å². The van der Waals surface area contributed by atoms with Crippen LogP contribution < -0.4 is 4.74 Å². The first kappa shape index (κ1) is 15.7. The predicted octanol–water partition coefficient (Wildman–Crippen LogP) is 3.71. The van der Waals surface area contributed by atoms with Gasteiger partial charge in [-0.2, -0.15) is 4.98 Å². The molecule has 0 bridgehead atoms. The van der Waals surface area contributed by atoms with Gasteiger partial charge in [-0.1, -0.05) is 22.8 Å². The van der Waals surface area contributed by atoms with Crippen molar-refractivity contribution >= 4 is 22.4 Å². The summed E-state index contributed by atoms with van der Waals surface area (Å²) in [5.74, 6) is 1.68. The molecular weight excluding hydrogens is 336 g/mol. The molecule has 5 nitrogen and oxygen atoms in total. The van der Waals surface area contributed by atoms with Crippen molar-refractivity contribution in [3.05, 3.63) is 59.4 Å². The molecule has 1 heterocycles. The number of ether oxygens (including phenoxy) is 1. The van der Waals surface area contributed by atoms with Crippen molar-refractivity contribution in [3.8, 4) is 17.2 Å². The molecule has 0 saturated heterocycles. The molecule has 0 saturated carbocycles. The Morgan fingerprint density at radius 2 is 2.00 bits per heavy atom. The summed E-state index contributed by atoms with van der Waals surface area (Å²) in [6, 6.07) is 14.2. The predicted molar refractivity (Wildman–Crippen MR) is 87.9 cm³/mol. The van der Waals surface area contributed by atoms with Gasteiger partial charge in [0.05, 0.1) is 23.7 Å². The topological polar surface area (TPSA) is 65.2 Å². The van der Waals surface area contributed by atoms with Crippen molar-refractivity contribution < 1.29 is 13.5 Å². The monoisotopic (exact) mass is 348 g/mol. The van der Waals surface area contributed by atoms with Crippen molar-refractivity contribution in [2.45, 2.75) is 10.6 Å². The van der Waals surface area contributed by atoms with Crippen LogP contribution in [0.4, 0.5) is 0 Å². The molecule has 0 amide bonds. The SMILES string of the molecule is COc1ccc(-c2nc(C[S@](=O)c3cccc(Cl)c3)no2)cc1. The van der Waals surface area contributed by atoms with Gasteiger partial charge in [0, 0.05) is 15.5 Å². The van der Waals surface area contributed by atoms with Gasteiger partial charge in [-0.3, -0.25) is 4.21 Å². The van der Waals surface area contributed by atoms with Crippen LogP contribution in [0.5, 0.6) is 5.75 Å². The second-order valence-electron chi connectivity index (χ2n) is 4.69. The van der Waals surface area contributed by atoms with Crippen LogP contribution in [0.25, 0.3) is 11.5 Å². The second-order valence-corrected chi connectivity index (χ2v) is 6.58. The van der Waals surface area contributed by atoms with Crippen molar-refractivity contribution in [1.29, 1.82) is 0 Å². The minimum atomic E-state index is -1.28. The summed E-state index contributed by atoms with van der Waals surface area (Å²) in [5, 5.41) is 4.42. The van der Waals surface area contributed by atoms with E-state index in [4.69, 9.17) is 20.9 Å². The Hall–Kier alpha value is -2.18. The van der Waals surface area contributed by atoms with Crippen LogP contribution in [0.15, 0.2) is 57.9 Å². The van der Waals surface area contributed by atoms with Gasteiger partial charge in [-0.25, -0.2) is 0 Å². The quantitative estimate of drug-likeness (QED) is 0.703. The highest BCUT2D eigenvalue weighted by molar-refractivity contribution is 7.84. The average Bonchev–Trinajstić information content (AvgIpc) is 3.03. The molecule has 0 unspecified atom stereocenters. The summed E-state index contributed by atoms with van der Waals surface area (Å²) in [5.41, 5.74) is 0.776. The zero-order valence-electron chi connectivity index (χ0n) is 12.2. The second kappa shape index (κ2) is 6.93. The van der Waals surface area contributed by atoms with Crippen LogP contribution in [-0.4, -0.2) is 21.5 Å². The van der Waals surface area contributed by atoms with Crippen LogP contribution in [0, 0.1) is 0 Å². The number of hydrogen-bond acceptors (Lipinski definition) is 5. The molecule has 118 valence electrons. The van der Waals surface area contributed by atoms with Gasteiger partial charge in [0.1, 0.15) is 5.75 Å². The summed E-state index contributed by atoms with van der Waals surface area (Å²) in [4.78, 5) is 4.91. The van der Waals surface area contributed by atoms with E-state index in [0.29, 0.717) is 21.6 Å². The number of aromatic nitrogens is 2.